The first-order valence-electron chi connectivity index (χ1n) is 18.1. The van der Waals surface area contributed by atoms with E-state index in [4.69, 9.17) is 0 Å². The third-order valence-corrected chi connectivity index (χ3v) is 15.5. The highest BCUT2D eigenvalue weighted by atomic mass is 16.3. The number of hydrogen-bond acceptors (Lipinski definition) is 4. The molecule has 2 N–H and O–H groups in total. The molecule has 0 spiro atoms. The Kier molecular flexibility index (Phi) is 7.69. The molecule has 5 fully saturated rings. The highest BCUT2D eigenvalue weighted by Crippen LogP contribution is 2.77. The van der Waals surface area contributed by atoms with Crippen molar-refractivity contribution in [3.8, 4) is 0 Å². The monoisotopic (exact) mass is 594 g/mol. The highest BCUT2D eigenvalue weighted by molar-refractivity contribution is 6.00. The minimum absolute atomic E-state index is 0.00372. The van der Waals surface area contributed by atoms with Crippen molar-refractivity contribution in [2.24, 2.45) is 50.7 Å². The van der Waals surface area contributed by atoms with Gasteiger partial charge in [0, 0.05) is 24.8 Å². The van der Waals surface area contributed by atoms with Crippen LogP contribution >= 0.6 is 0 Å². The summed E-state index contributed by atoms with van der Waals surface area (Å²) in [5.74, 6) is 2.17. The molecule has 6 rings (SSSR count). The number of nitrogens with one attached hydrogen (secondary N) is 1. The van der Waals surface area contributed by atoms with Crippen LogP contribution in [-0.4, -0.2) is 47.1 Å². The number of nitrogens with zero attached hydrogens (tertiary/aromatic N) is 1. The van der Waals surface area contributed by atoms with Gasteiger partial charge in [-0.15, -0.1) is 0 Å². The lowest BCUT2D eigenvalue weighted by Crippen LogP contribution is -2.71. The third kappa shape index (κ3) is 4.50. The number of ketones is 1. The van der Waals surface area contributed by atoms with Crippen molar-refractivity contribution in [1.29, 1.82) is 0 Å². The van der Waals surface area contributed by atoms with Gasteiger partial charge in [0.1, 0.15) is 5.72 Å². The molecule has 5 aliphatic carbocycles. The summed E-state index contributed by atoms with van der Waals surface area (Å²) < 4.78 is 0. The van der Waals surface area contributed by atoms with Crippen LogP contribution in [0.3, 0.4) is 0 Å². The Balaban J connectivity index is 1.25. The average Bonchev–Trinajstić information content (AvgIpc) is 3.21. The molecule has 0 unspecified atom stereocenters. The molecule has 1 saturated heterocycles. The van der Waals surface area contributed by atoms with Crippen molar-refractivity contribution in [2.45, 2.75) is 145 Å². The lowest BCUT2D eigenvalue weighted by Gasteiger charge is -2.73. The summed E-state index contributed by atoms with van der Waals surface area (Å²) in [5, 5.41) is 15.4. The number of allylic oxidation sites excluding steroid dienone is 2. The molecule has 0 bridgehead atoms. The largest absolute Gasteiger partial charge is 0.370 e. The number of piperidine rings is 1. The molecule has 1 heterocycles. The van der Waals surface area contributed by atoms with E-state index in [1.165, 1.54) is 50.5 Å². The Morgan fingerprint density at radius 3 is 2.26 bits per heavy atom. The fraction of sp³-hybridized carbons (Fsp3) is 0.895. The number of aliphatic hydroxyl groups is 1. The number of fused-ring (bicyclic) bond motifs is 7. The summed E-state index contributed by atoms with van der Waals surface area (Å²) in [5.41, 5.74) is 1.72. The summed E-state index contributed by atoms with van der Waals surface area (Å²) in [4.78, 5) is 29.0. The van der Waals surface area contributed by atoms with E-state index in [0.29, 0.717) is 42.3 Å². The van der Waals surface area contributed by atoms with E-state index in [2.05, 4.69) is 65.6 Å². The van der Waals surface area contributed by atoms with E-state index < -0.39 is 11.1 Å². The van der Waals surface area contributed by atoms with Gasteiger partial charge in [0.25, 0.3) is 0 Å². The second-order valence-corrected chi connectivity index (χ2v) is 18.0. The lowest BCUT2D eigenvalue weighted by atomic mass is 9.32. The summed E-state index contributed by atoms with van der Waals surface area (Å²) >= 11 is 0. The summed E-state index contributed by atoms with van der Waals surface area (Å²) in [7, 11) is 0. The highest BCUT2D eigenvalue weighted by Gasteiger charge is 2.71. The zero-order valence-electron chi connectivity index (χ0n) is 28.8. The van der Waals surface area contributed by atoms with E-state index in [0.717, 1.165) is 45.3 Å². The Morgan fingerprint density at radius 2 is 1.58 bits per heavy atom. The molecule has 0 aromatic heterocycles. The molecule has 1 aliphatic heterocycles. The van der Waals surface area contributed by atoms with Crippen LogP contribution in [0.2, 0.25) is 0 Å². The Bertz CT molecular complexity index is 1180. The van der Waals surface area contributed by atoms with Gasteiger partial charge in [-0.1, -0.05) is 67.4 Å². The van der Waals surface area contributed by atoms with Gasteiger partial charge in [-0.25, -0.2) is 0 Å². The van der Waals surface area contributed by atoms with Gasteiger partial charge in [0.2, 0.25) is 5.91 Å². The topological polar surface area (TPSA) is 69.6 Å². The maximum Gasteiger partial charge on any atom is 0.223 e. The zero-order chi connectivity index (χ0) is 31.2. The Hall–Kier alpha value is -1.20. The molecule has 0 aromatic carbocycles. The van der Waals surface area contributed by atoms with Gasteiger partial charge in [-0.05, 0) is 128 Å². The summed E-state index contributed by atoms with van der Waals surface area (Å²) in [6.45, 7) is 22.1. The molecule has 43 heavy (non-hydrogen) atoms. The van der Waals surface area contributed by atoms with Gasteiger partial charge in [0.15, 0.2) is 5.78 Å². The van der Waals surface area contributed by atoms with Crippen LogP contribution in [0.1, 0.15) is 139 Å². The molecule has 5 nitrogen and oxygen atoms in total. The van der Waals surface area contributed by atoms with Gasteiger partial charge in [-0.3, -0.25) is 9.59 Å². The molecule has 5 heteroatoms. The predicted octanol–water partition coefficient (Wildman–Crippen LogP) is 7.67. The molecular weight excluding hydrogens is 532 g/mol. The second kappa shape index (κ2) is 10.4. The van der Waals surface area contributed by atoms with Crippen molar-refractivity contribution in [2.75, 3.05) is 19.6 Å². The minimum atomic E-state index is -1.17. The fourth-order valence-corrected chi connectivity index (χ4v) is 12.8. The van der Waals surface area contributed by atoms with E-state index >= 15 is 0 Å². The van der Waals surface area contributed by atoms with Crippen molar-refractivity contribution < 1.29 is 14.7 Å². The van der Waals surface area contributed by atoms with Gasteiger partial charge < -0.3 is 15.3 Å². The molecule has 242 valence electrons. The Labute approximate surface area is 262 Å². The summed E-state index contributed by atoms with van der Waals surface area (Å²) in [6, 6.07) is 0. The van der Waals surface area contributed by atoms with Crippen LogP contribution in [0.5, 0.6) is 0 Å². The SMILES string of the molecule is CC(C)C1=C2[C@H]3CC[C@@H]4[C@@]5(C)CC[C@@](O)(NC(=O)CCN6CCCCC6)C(C)(C)[C@@H]5CC[C@@]4(C)[C@]3(C)CC[C@@]2(C)CC1=O. The number of likely N-dealkylation sites (tertiary alicyclic amines) is 1. The number of rotatable bonds is 5. The molecular formula is C38H62N2O3. The number of carbonyl (C=O) groups excluding carboxylic acids is 2. The predicted molar refractivity (Wildman–Crippen MR) is 173 cm³/mol. The van der Waals surface area contributed by atoms with Crippen molar-refractivity contribution >= 4 is 11.7 Å². The first-order chi connectivity index (χ1) is 20.0. The van der Waals surface area contributed by atoms with Crippen LogP contribution in [-0.2, 0) is 9.59 Å². The molecule has 0 radical (unpaired) electrons. The lowest BCUT2D eigenvalue weighted by molar-refractivity contribution is -0.257. The normalized spacial score (nSPS) is 46.2. The average molecular weight is 595 g/mol. The number of Topliss-reactive ketones (excluding diaryl/α,β-unsaturated/α-hetero) is 1. The van der Waals surface area contributed by atoms with E-state index in [1.807, 2.05) is 0 Å². The van der Waals surface area contributed by atoms with Gasteiger partial charge >= 0.3 is 0 Å². The molecule has 1 amide bonds. The molecule has 4 saturated carbocycles. The molecule has 6 aliphatic rings. The zero-order valence-corrected chi connectivity index (χ0v) is 28.8. The first-order valence-corrected chi connectivity index (χ1v) is 18.1. The van der Waals surface area contributed by atoms with Crippen LogP contribution in [0, 0.1) is 50.7 Å². The van der Waals surface area contributed by atoms with Crippen molar-refractivity contribution in [3.63, 3.8) is 0 Å². The number of carbonyl (C=O) groups is 2. The third-order valence-electron chi connectivity index (χ3n) is 15.5. The van der Waals surface area contributed by atoms with Crippen LogP contribution in [0.25, 0.3) is 0 Å². The van der Waals surface area contributed by atoms with Crippen LogP contribution in [0.15, 0.2) is 11.1 Å². The van der Waals surface area contributed by atoms with E-state index in [-0.39, 0.29) is 27.6 Å². The quantitative estimate of drug-likeness (QED) is 0.321. The maximum atomic E-state index is 13.4. The number of hydrogen-bond donors (Lipinski definition) is 2. The standard InChI is InChI=1S/C38H62N2O3/c1-25(2)31-27(41)24-34(5)17-19-36(7)26(32(31)34)12-13-29-35(6)18-20-38(43,33(3,4)28(35)14-16-37(29,36)8)39-30(42)15-23-40-21-10-9-11-22-40/h25-26,28-29,43H,9-24H2,1-8H3,(H,39,42)/t26-,28+,29-,34+,35+,36-,37-,38+/m1/s1. The van der Waals surface area contributed by atoms with Gasteiger partial charge in [0.05, 0.1) is 0 Å². The van der Waals surface area contributed by atoms with E-state index in [1.54, 1.807) is 5.57 Å². The first kappa shape index (κ1) is 31.8. The van der Waals surface area contributed by atoms with Crippen LogP contribution < -0.4 is 5.32 Å². The van der Waals surface area contributed by atoms with Crippen LogP contribution in [0.4, 0.5) is 0 Å². The summed E-state index contributed by atoms with van der Waals surface area (Å²) in [6.07, 6.45) is 13.5. The smallest absolute Gasteiger partial charge is 0.223 e. The molecule has 0 aromatic rings. The van der Waals surface area contributed by atoms with Gasteiger partial charge in [-0.2, -0.15) is 0 Å². The maximum absolute atomic E-state index is 13.4. The number of amides is 1. The van der Waals surface area contributed by atoms with Crippen molar-refractivity contribution in [1.82, 2.24) is 10.2 Å². The van der Waals surface area contributed by atoms with E-state index in [9.17, 15) is 14.7 Å². The minimum Gasteiger partial charge on any atom is -0.370 e. The fourth-order valence-electron chi connectivity index (χ4n) is 12.8. The Morgan fingerprint density at radius 1 is 0.884 bits per heavy atom. The second-order valence-electron chi connectivity index (χ2n) is 18.0. The molecule has 8 atom stereocenters. The van der Waals surface area contributed by atoms with Crippen molar-refractivity contribution in [3.05, 3.63) is 11.1 Å².